The number of rotatable bonds is 3. The van der Waals surface area contributed by atoms with Crippen LogP contribution in [0.1, 0.15) is 30.3 Å². The van der Waals surface area contributed by atoms with Gasteiger partial charge < -0.3 is 9.88 Å². The van der Waals surface area contributed by atoms with Gasteiger partial charge in [-0.2, -0.15) is 0 Å². The molecule has 5 heteroatoms. The normalized spacial score (nSPS) is 16.9. The molecular formula is C22H21N5. The first-order valence-corrected chi connectivity index (χ1v) is 9.38. The molecule has 1 fully saturated rings. The molecule has 4 aromatic rings. The van der Waals surface area contributed by atoms with Crippen molar-refractivity contribution in [2.24, 2.45) is 0 Å². The van der Waals surface area contributed by atoms with Gasteiger partial charge >= 0.3 is 0 Å². The van der Waals surface area contributed by atoms with Gasteiger partial charge in [-0.1, -0.05) is 35.9 Å². The molecule has 0 radical (unpaired) electrons. The summed E-state index contributed by atoms with van der Waals surface area (Å²) >= 11 is 0. The van der Waals surface area contributed by atoms with E-state index in [1.54, 1.807) is 0 Å². The van der Waals surface area contributed by atoms with Gasteiger partial charge in [0.15, 0.2) is 0 Å². The lowest BCUT2D eigenvalue weighted by atomic mass is 10.1. The molecule has 5 rings (SSSR count). The maximum Gasteiger partial charge on any atom is 0.148 e. The molecule has 5 nitrogen and oxygen atoms in total. The average molecular weight is 355 g/mol. The summed E-state index contributed by atoms with van der Waals surface area (Å²) < 4.78 is 0. The number of para-hydroxylation sites is 2. The molecule has 1 saturated heterocycles. The Hall–Kier alpha value is -3.21. The molecule has 0 aliphatic carbocycles. The SMILES string of the molecule is Cc1cccc(-c2cnc([C@H]3CCCN3c3cnc4ccccc4n3)[nH]2)c1. The molecule has 134 valence electrons. The number of aromatic amines is 1. The zero-order valence-electron chi connectivity index (χ0n) is 15.3. The third-order valence-corrected chi connectivity index (χ3v) is 5.22. The Kier molecular flexibility index (Phi) is 3.85. The van der Waals surface area contributed by atoms with Gasteiger partial charge in [-0.05, 0) is 43.5 Å². The minimum atomic E-state index is 0.207. The number of aromatic nitrogens is 4. The summed E-state index contributed by atoms with van der Waals surface area (Å²) in [5.74, 6) is 1.92. The number of H-pyrrole nitrogens is 1. The number of hydrogen-bond acceptors (Lipinski definition) is 4. The molecule has 3 heterocycles. The highest BCUT2D eigenvalue weighted by Gasteiger charge is 2.29. The van der Waals surface area contributed by atoms with Crippen molar-refractivity contribution in [2.45, 2.75) is 25.8 Å². The molecule has 0 amide bonds. The second-order valence-electron chi connectivity index (χ2n) is 7.12. The van der Waals surface area contributed by atoms with E-state index in [1.165, 1.54) is 11.1 Å². The monoisotopic (exact) mass is 355 g/mol. The fourth-order valence-corrected chi connectivity index (χ4v) is 3.88. The number of benzene rings is 2. The van der Waals surface area contributed by atoms with Crippen LogP contribution in [-0.2, 0) is 0 Å². The molecule has 0 bridgehead atoms. The molecule has 0 saturated carbocycles. The Balaban J connectivity index is 1.47. The van der Waals surface area contributed by atoms with Gasteiger partial charge in [-0.3, -0.25) is 4.98 Å². The van der Waals surface area contributed by atoms with Crippen molar-refractivity contribution < 1.29 is 0 Å². The van der Waals surface area contributed by atoms with Crippen LogP contribution < -0.4 is 4.90 Å². The number of imidazole rings is 1. The highest BCUT2D eigenvalue weighted by atomic mass is 15.3. The molecule has 0 spiro atoms. The summed E-state index contributed by atoms with van der Waals surface area (Å²) in [5, 5.41) is 0. The third-order valence-electron chi connectivity index (χ3n) is 5.22. The van der Waals surface area contributed by atoms with Crippen molar-refractivity contribution in [2.75, 3.05) is 11.4 Å². The molecule has 2 aromatic carbocycles. The van der Waals surface area contributed by atoms with E-state index in [0.717, 1.165) is 47.8 Å². The minimum absolute atomic E-state index is 0.207. The number of nitrogens with zero attached hydrogens (tertiary/aromatic N) is 4. The summed E-state index contributed by atoms with van der Waals surface area (Å²) in [4.78, 5) is 20.0. The van der Waals surface area contributed by atoms with Crippen molar-refractivity contribution >= 4 is 16.9 Å². The fraction of sp³-hybridized carbons (Fsp3) is 0.227. The summed E-state index contributed by atoms with van der Waals surface area (Å²) in [7, 11) is 0. The Morgan fingerprint density at radius 3 is 2.78 bits per heavy atom. The maximum atomic E-state index is 4.83. The zero-order valence-corrected chi connectivity index (χ0v) is 15.3. The number of aryl methyl sites for hydroxylation is 1. The van der Waals surface area contributed by atoms with Gasteiger partial charge in [0.1, 0.15) is 11.6 Å². The first kappa shape index (κ1) is 16.0. The van der Waals surface area contributed by atoms with E-state index in [2.05, 4.69) is 46.1 Å². The summed E-state index contributed by atoms with van der Waals surface area (Å²) in [5.41, 5.74) is 5.34. The smallest absolute Gasteiger partial charge is 0.148 e. The Morgan fingerprint density at radius 2 is 1.89 bits per heavy atom. The van der Waals surface area contributed by atoms with Crippen molar-refractivity contribution in [1.82, 2.24) is 19.9 Å². The molecular weight excluding hydrogens is 334 g/mol. The van der Waals surface area contributed by atoms with Crippen LogP contribution in [0.2, 0.25) is 0 Å². The topological polar surface area (TPSA) is 57.7 Å². The molecule has 27 heavy (non-hydrogen) atoms. The lowest BCUT2D eigenvalue weighted by molar-refractivity contribution is 0.670. The lowest BCUT2D eigenvalue weighted by Gasteiger charge is -2.24. The second kappa shape index (κ2) is 6.50. The van der Waals surface area contributed by atoms with Crippen LogP contribution in [0.15, 0.2) is 60.9 Å². The Morgan fingerprint density at radius 1 is 1.00 bits per heavy atom. The molecule has 1 aliphatic heterocycles. The molecule has 0 unspecified atom stereocenters. The van der Waals surface area contributed by atoms with Gasteiger partial charge in [0.2, 0.25) is 0 Å². The summed E-state index contributed by atoms with van der Waals surface area (Å²) in [6, 6.07) is 16.7. The van der Waals surface area contributed by atoms with Crippen LogP contribution in [0, 0.1) is 6.92 Å². The van der Waals surface area contributed by atoms with Gasteiger partial charge in [-0.25, -0.2) is 9.97 Å². The van der Waals surface area contributed by atoms with Gasteiger partial charge in [0.05, 0.1) is 35.2 Å². The van der Waals surface area contributed by atoms with Crippen molar-refractivity contribution in [1.29, 1.82) is 0 Å². The van der Waals surface area contributed by atoms with E-state index >= 15 is 0 Å². The van der Waals surface area contributed by atoms with Gasteiger partial charge in [-0.15, -0.1) is 0 Å². The quantitative estimate of drug-likeness (QED) is 0.580. The molecule has 1 N–H and O–H groups in total. The number of fused-ring (bicyclic) bond motifs is 1. The summed E-state index contributed by atoms with van der Waals surface area (Å²) in [6.45, 7) is 3.08. The number of hydrogen-bond donors (Lipinski definition) is 1. The molecule has 1 atom stereocenters. The zero-order chi connectivity index (χ0) is 18.2. The number of anilines is 1. The van der Waals surface area contributed by atoms with Crippen LogP contribution in [0.5, 0.6) is 0 Å². The standard InChI is InChI=1S/C22H21N5/c1-15-6-4-7-16(12-15)19-13-24-22(26-19)20-10-5-11-27(20)21-14-23-17-8-2-3-9-18(17)25-21/h2-4,6-9,12-14,20H,5,10-11H2,1H3,(H,24,26)/t20-/m1/s1. The van der Waals surface area contributed by atoms with E-state index in [4.69, 9.17) is 9.97 Å². The third kappa shape index (κ3) is 2.95. The van der Waals surface area contributed by atoms with Crippen LogP contribution in [0.4, 0.5) is 5.82 Å². The van der Waals surface area contributed by atoms with Crippen molar-refractivity contribution in [3.05, 3.63) is 72.3 Å². The van der Waals surface area contributed by atoms with Crippen LogP contribution in [0.3, 0.4) is 0 Å². The lowest BCUT2D eigenvalue weighted by Crippen LogP contribution is -2.24. The Bertz CT molecular complexity index is 1100. The second-order valence-corrected chi connectivity index (χ2v) is 7.12. The first-order valence-electron chi connectivity index (χ1n) is 9.38. The van der Waals surface area contributed by atoms with Gasteiger partial charge in [0.25, 0.3) is 0 Å². The highest BCUT2D eigenvalue weighted by molar-refractivity contribution is 5.75. The average Bonchev–Trinajstić information content (AvgIpc) is 3.37. The maximum absolute atomic E-state index is 4.83. The Labute approximate surface area is 158 Å². The van der Waals surface area contributed by atoms with E-state index < -0.39 is 0 Å². The van der Waals surface area contributed by atoms with Crippen LogP contribution in [-0.4, -0.2) is 26.5 Å². The van der Waals surface area contributed by atoms with Crippen LogP contribution in [0.25, 0.3) is 22.3 Å². The van der Waals surface area contributed by atoms with Crippen molar-refractivity contribution in [3.63, 3.8) is 0 Å². The van der Waals surface area contributed by atoms with E-state index in [9.17, 15) is 0 Å². The van der Waals surface area contributed by atoms with E-state index in [-0.39, 0.29) is 6.04 Å². The van der Waals surface area contributed by atoms with Crippen LogP contribution >= 0.6 is 0 Å². The number of nitrogens with one attached hydrogen (secondary N) is 1. The summed E-state index contributed by atoms with van der Waals surface area (Å²) in [6.07, 6.45) is 6.01. The fourth-order valence-electron chi connectivity index (χ4n) is 3.88. The largest absolute Gasteiger partial charge is 0.345 e. The van der Waals surface area contributed by atoms with E-state index in [0.29, 0.717) is 0 Å². The predicted molar refractivity (Wildman–Crippen MR) is 108 cm³/mol. The predicted octanol–water partition coefficient (Wildman–Crippen LogP) is 4.67. The molecule has 2 aromatic heterocycles. The van der Waals surface area contributed by atoms with Crippen molar-refractivity contribution in [3.8, 4) is 11.3 Å². The minimum Gasteiger partial charge on any atom is -0.345 e. The first-order chi connectivity index (χ1) is 13.3. The molecule has 1 aliphatic rings. The van der Waals surface area contributed by atoms with E-state index in [1.807, 2.05) is 36.7 Å². The van der Waals surface area contributed by atoms with Gasteiger partial charge in [0, 0.05) is 6.54 Å². The highest BCUT2D eigenvalue weighted by Crippen LogP contribution is 2.35.